The number of benzene rings is 2. The third kappa shape index (κ3) is 2.62. The normalized spacial score (nSPS) is 11.2. The first-order valence-electron chi connectivity index (χ1n) is 8.12. The van der Waals surface area contributed by atoms with Crippen LogP contribution in [0.5, 0.6) is 5.75 Å². The van der Waals surface area contributed by atoms with Gasteiger partial charge in [0.1, 0.15) is 5.75 Å². The molecule has 0 aliphatic heterocycles. The van der Waals surface area contributed by atoms with E-state index in [9.17, 15) is 0 Å². The van der Waals surface area contributed by atoms with Crippen molar-refractivity contribution >= 4 is 16.3 Å². The summed E-state index contributed by atoms with van der Waals surface area (Å²) in [5.41, 5.74) is 12.5. The van der Waals surface area contributed by atoms with Crippen LogP contribution in [0.25, 0.3) is 27.5 Å². The Bertz CT molecular complexity index is 1030. The first-order chi connectivity index (χ1) is 12.2. The molecule has 0 unspecified atom stereocenters. The van der Waals surface area contributed by atoms with Crippen LogP contribution in [0.2, 0.25) is 0 Å². The first kappa shape index (κ1) is 15.9. The van der Waals surface area contributed by atoms with Crippen LogP contribution >= 0.6 is 11.3 Å². The van der Waals surface area contributed by atoms with E-state index in [-0.39, 0.29) is 0 Å². The van der Waals surface area contributed by atoms with Gasteiger partial charge in [0, 0.05) is 17.5 Å². The van der Waals surface area contributed by atoms with Gasteiger partial charge in [-0.15, -0.1) is 11.3 Å². The van der Waals surface area contributed by atoms with E-state index in [2.05, 4.69) is 41.0 Å². The number of thiazole rings is 1. The second-order valence-corrected chi connectivity index (χ2v) is 6.74. The van der Waals surface area contributed by atoms with Crippen molar-refractivity contribution in [1.82, 2.24) is 9.38 Å². The first-order valence-corrected chi connectivity index (χ1v) is 9.00. The van der Waals surface area contributed by atoms with E-state index in [1.54, 1.807) is 18.4 Å². The van der Waals surface area contributed by atoms with Gasteiger partial charge in [0.25, 0.3) is 0 Å². The molecule has 2 aromatic carbocycles. The SMILES string of the molecule is COc1ccc(-c2csc3nc(-c4ccccc4)c(CN)n23)cc1C. The quantitative estimate of drug-likeness (QED) is 0.590. The van der Waals surface area contributed by atoms with Crippen LogP contribution in [-0.2, 0) is 6.54 Å². The summed E-state index contributed by atoms with van der Waals surface area (Å²) in [6.07, 6.45) is 0. The van der Waals surface area contributed by atoms with Crippen LogP contribution in [-0.4, -0.2) is 16.5 Å². The van der Waals surface area contributed by atoms with Crippen LogP contribution in [0.1, 0.15) is 11.3 Å². The molecule has 0 fully saturated rings. The molecule has 2 aromatic heterocycles. The number of rotatable bonds is 4. The molecule has 0 aliphatic rings. The maximum absolute atomic E-state index is 6.10. The molecule has 126 valence electrons. The largest absolute Gasteiger partial charge is 0.496 e. The molecular formula is C20H19N3OS. The lowest BCUT2D eigenvalue weighted by Gasteiger charge is -2.08. The van der Waals surface area contributed by atoms with Gasteiger partial charge < -0.3 is 10.5 Å². The number of hydrogen-bond donors (Lipinski definition) is 1. The van der Waals surface area contributed by atoms with Crippen molar-refractivity contribution in [3.05, 3.63) is 65.2 Å². The summed E-state index contributed by atoms with van der Waals surface area (Å²) in [5, 5.41) is 2.14. The topological polar surface area (TPSA) is 52.5 Å². The summed E-state index contributed by atoms with van der Waals surface area (Å²) < 4.78 is 7.55. The summed E-state index contributed by atoms with van der Waals surface area (Å²) >= 11 is 1.63. The predicted molar refractivity (Wildman–Crippen MR) is 103 cm³/mol. The van der Waals surface area contributed by atoms with Gasteiger partial charge in [0.2, 0.25) is 0 Å². The van der Waals surface area contributed by atoms with E-state index in [4.69, 9.17) is 15.5 Å². The number of nitrogens with zero attached hydrogens (tertiary/aromatic N) is 2. The number of aromatic nitrogens is 2. The average molecular weight is 349 g/mol. The predicted octanol–water partition coefficient (Wildman–Crippen LogP) is 4.51. The monoisotopic (exact) mass is 349 g/mol. The molecule has 0 saturated carbocycles. The zero-order valence-electron chi connectivity index (χ0n) is 14.2. The molecule has 2 heterocycles. The fourth-order valence-corrected chi connectivity index (χ4v) is 4.09. The molecule has 4 aromatic rings. The van der Waals surface area contributed by atoms with E-state index in [0.29, 0.717) is 6.54 Å². The van der Waals surface area contributed by atoms with Crippen LogP contribution in [0.15, 0.2) is 53.9 Å². The number of imidazole rings is 1. The molecule has 4 nitrogen and oxygen atoms in total. The molecule has 5 heteroatoms. The molecular weight excluding hydrogens is 330 g/mol. The Hall–Kier alpha value is -2.63. The van der Waals surface area contributed by atoms with Gasteiger partial charge in [0.05, 0.1) is 24.2 Å². The van der Waals surface area contributed by atoms with Gasteiger partial charge in [-0.3, -0.25) is 4.40 Å². The smallest absolute Gasteiger partial charge is 0.195 e. The number of methoxy groups -OCH3 is 1. The van der Waals surface area contributed by atoms with Crippen molar-refractivity contribution in [1.29, 1.82) is 0 Å². The van der Waals surface area contributed by atoms with Crippen molar-refractivity contribution in [2.24, 2.45) is 5.73 Å². The molecule has 2 N–H and O–H groups in total. The minimum absolute atomic E-state index is 0.435. The molecule has 0 atom stereocenters. The molecule has 25 heavy (non-hydrogen) atoms. The molecule has 0 bridgehead atoms. The molecule has 0 spiro atoms. The minimum atomic E-state index is 0.435. The molecule has 0 aliphatic carbocycles. The number of aryl methyl sites for hydroxylation is 1. The average Bonchev–Trinajstić information content (AvgIpc) is 3.21. The van der Waals surface area contributed by atoms with Gasteiger partial charge in [-0.2, -0.15) is 0 Å². The van der Waals surface area contributed by atoms with E-state index in [1.807, 2.05) is 24.3 Å². The van der Waals surface area contributed by atoms with Gasteiger partial charge in [-0.1, -0.05) is 30.3 Å². The van der Waals surface area contributed by atoms with E-state index < -0.39 is 0 Å². The second-order valence-electron chi connectivity index (χ2n) is 5.90. The van der Waals surface area contributed by atoms with E-state index >= 15 is 0 Å². The van der Waals surface area contributed by atoms with Crippen LogP contribution < -0.4 is 10.5 Å². The lowest BCUT2D eigenvalue weighted by molar-refractivity contribution is 0.412. The highest BCUT2D eigenvalue weighted by atomic mass is 32.1. The van der Waals surface area contributed by atoms with Crippen molar-refractivity contribution < 1.29 is 4.74 Å². The standard InChI is InChI=1S/C20H19N3OS/c1-13-10-15(8-9-18(13)24-2)17-12-25-20-22-19(16(11-21)23(17)20)14-6-4-3-5-7-14/h3-10,12H,11,21H2,1-2H3. The summed E-state index contributed by atoms with van der Waals surface area (Å²) in [5.74, 6) is 0.893. The Kier molecular flexibility index (Phi) is 4.03. The number of ether oxygens (including phenoxy) is 1. The Morgan fingerprint density at radius 2 is 1.92 bits per heavy atom. The summed E-state index contributed by atoms with van der Waals surface area (Å²) in [6, 6.07) is 16.4. The zero-order valence-corrected chi connectivity index (χ0v) is 15.0. The molecule has 0 amide bonds. The Labute approximate surface area is 150 Å². The van der Waals surface area contributed by atoms with E-state index in [0.717, 1.165) is 44.5 Å². The van der Waals surface area contributed by atoms with Crippen LogP contribution in [0, 0.1) is 6.92 Å². The molecule has 4 rings (SSSR count). The number of fused-ring (bicyclic) bond motifs is 1. The highest BCUT2D eigenvalue weighted by molar-refractivity contribution is 7.15. The fraction of sp³-hybridized carbons (Fsp3) is 0.150. The number of nitrogens with two attached hydrogens (primary N) is 1. The van der Waals surface area contributed by atoms with Crippen molar-refractivity contribution in [2.45, 2.75) is 13.5 Å². The molecule has 0 saturated heterocycles. The van der Waals surface area contributed by atoms with Gasteiger partial charge >= 0.3 is 0 Å². The molecule has 0 radical (unpaired) electrons. The third-order valence-electron chi connectivity index (χ3n) is 4.39. The fourth-order valence-electron chi connectivity index (χ4n) is 3.17. The lowest BCUT2D eigenvalue weighted by Crippen LogP contribution is -2.03. The van der Waals surface area contributed by atoms with Gasteiger partial charge in [-0.05, 0) is 36.2 Å². The van der Waals surface area contributed by atoms with Crippen LogP contribution in [0.4, 0.5) is 0 Å². The minimum Gasteiger partial charge on any atom is -0.496 e. The van der Waals surface area contributed by atoms with Crippen molar-refractivity contribution in [3.8, 4) is 28.3 Å². The third-order valence-corrected chi connectivity index (χ3v) is 5.22. The van der Waals surface area contributed by atoms with Crippen molar-refractivity contribution in [3.63, 3.8) is 0 Å². The van der Waals surface area contributed by atoms with E-state index in [1.165, 1.54) is 0 Å². The summed E-state index contributed by atoms with van der Waals surface area (Å²) in [6.45, 7) is 2.49. The Morgan fingerprint density at radius 1 is 1.12 bits per heavy atom. The summed E-state index contributed by atoms with van der Waals surface area (Å²) in [4.78, 5) is 5.79. The lowest BCUT2D eigenvalue weighted by atomic mass is 10.1. The highest BCUT2D eigenvalue weighted by Crippen LogP contribution is 2.34. The Balaban J connectivity index is 1.92. The highest BCUT2D eigenvalue weighted by Gasteiger charge is 2.18. The second kappa shape index (κ2) is 6.35. The van der Waals surface area contributed by atoms with Crippen LogP contribution in [0.3, 0.4) is 0 Å². The number of hydrogen-bond acceptors (Lipinski definition) is 4. The van der Waals surface area contributed by atoms with Gasteiger partial charge in [0.15, 0.2) is 4.96 Å². The maximum Gasteiger partial charge on any atom is 0.195 e. The zero-order chi connectivity index (χ0) is 17.4. The Morgan fingerprint density at radius 3 is 2.60 bits per heavy atom. The van der Waals surface area contributed by atoms with Crippen molar-refractivity contribution in [2.75, 3.05) is 7.11 Å². The summed E-state index contributed by atoms with van der Waals surface area (Å²) in [7, 11) is 1.69. The van der Waals surface area contributed by atoms with Gasteiger partial charge in [-0.25, -0.2) is 4.98 Å². The maximum atomic E-state index is 6.10.